The lowest BCUT2D eigenvalue weighted by Crippen LogP contribution is -2.54. The van der Waals surface area contributed by atoms with Gasteiger partial charge >= 0.3 is 0 Å². The summed E-state index contributed by atoms with van der Waals surface area (Å²) >= 11 is 0. The van der Waals surface area contributed by atoms with Crippen molar-refractivity contribution in [1.29, 1.82) is 0 Å². The molecule has 0 aliphatic carbocycles. The number of benzene rings is 2. The van der Waals surface area contributed by atoms with E-state index in [4.69, 9.17) is 0 Å². The minimum Gasteiger partial charge on any atom is -0.350 e. The molecule has 198 valence electrons. The Hall–Kier alpha value is -2.94. The predicted molar refractivity (Wildman–Crippen MR) is 142 cm³/mol. The summed E-state index contributed by atoms with van der Waals surface area (Å²) in [5, 5.41) is 2.86. The van der Waals surface area contributed by atoms with Gasteiger partial charge in [-0.25, -0.2) is 12.8 Å². The summed E-state index contributed by atoms with van der Waals surface area (Å²) in [5.41, 5.74) is 1.35. The fraction of sp³-hybridized carbons (Fsp3) is 0.481. The molecular formula is C27H38FN3O4S. The maximum absolute atomic E-state index is 13.5. The SMILES string of the molecule is C[C@H](C(=O)NC(C)(C)C)N(Cc1ccc(F)cc1)C(=O)CN(c1ccc(C(C)(C)C)cc1)S(C)(=O)=O. The van der Waals surface area contributed by atoms with Crippen molar-refractivity contribution in [2.45, 2.75) is 72.0 Å². The minimum absolute atomic E-state index is 0.0123. The van der Waals surface area contributed by atoms with Crippen LogP contribution in [0.15, 0.2) is 48.5 Å². The zero-order valence-corrected chi connectivity index (χ0v) is 23.2. The molecule has 0 saturated heterocycles. The van der Waals surface area contributed by atoms with E-state index in [0.717, 1.165) is 16.1 Å². The van der Waals surface area contributed by atoms with Gasteiger partial charge in [0.15, 0.2) is 0 Å². The quantitative estimate of drug-likeness (QED) is 0.566. The number of sulfonamides is 1. The van der Waals surface area contributed by atoms with Gasteiger partial charge in [0.05, 0.1) is 11.9 Å². The zero-order valence-electron chi connectivity index (χ0n) is 22.4. The minimum atomic E-state index is -3.81. The number of nitrogens with zero attached hydrogens (tertiary/aromatic N) is 2. The van der Waals surface area contributed by atoms with Gasteiger partial charge in [-0.2, -0.15) is 0 Å². The summed E-state index contributed by atoms with van der Waals surface area (Å²) in [6.07, 6.45) is 1.04. The molecule has 0 bridgehead atoms. The van der Waals surface area contributed by atoms with Crippen LogP contribution in [0.5, 0.6) is 0 Å². The van der Waals surface area contributed by atoms with Crippen LogP contribution < -0.4 is 9.62 Å². The van der Waals surface area contributed by atoms with Gasteiger partial charge in [0, 0.05) is 12.1 Å². The molecule has 0 saturated carbocycles. The molecule has 0 aliphatic heterocycles. The Morgan fingerprint density at radius 2 is 1.47 bits per heavy atom. The first-order chi connectivity index (χ1) is 16.4. The van der Waals surface area contributed by atoms with Crippen LogP contribution in [0.2, 0.25) is 0 Å². The summed E-state index contributed by atoms with van der Waals surface area (Å²) in [4.78, 5) is 27.8. The lowest BCUT2D eigenvalue weighted by Gasteiger charge is -2.33. The smallest absolute Gasteiger partial charge is 0.244 e. The topological polar surface area (TPSA) is 86.8 Å². The van der Waals surface area contributed by atoms with Crippen LogP contribution >= 0.6 is 0 Å². The zero-order chi connectivity index (χ0) is 27.5. The molecule has 0 unspecified atom stereocenters. The highest BCUT2D eigenvalue weighted by Gasteiger charge is 2.31. The lowest BCUT2D eigenvalue weighted by atomic mass is 9.87. The second-order valence-corrected chi connectivity index (χ2v) is 13.0. The fourth-order valence-electron chi connectivity index (χ4n) is 3.58. The van der Waals surface area contributed by atoms with E-state index in [0.29, 0.717) is 11.3 Å². The van der Waals surface area contributed by atoms with E-state index in [9.17, 15) is 22.4 Å². The Labute approximate surface area is 214 Å². The first-order valence-corrected chi connectivity index (χ1v) is 13.7. The number of amides is 2. The molecule has 2 aromatic rings. The van der Waals surface area contributed by atoms with Crippen LogP contribution in [0.4, 0.5) is 10.1 Å². The predicted octanol–water partition coefficient (Wildman–Crippen LogP) is 4.22. The largest absolute Gasteiger partial charge is 0.350 e. The van der Waals surface area contributed by atoms with Crippen molar-refractivity contribution in [3.05, 3.63) is 65.5 Å². The van der Waals surface area contributed by atoms with E-state index in [2.05, 4.69) is 26.1 Å². The highest BCUT2D eigenvalue weighted by atomic mass is 32.2. The monoisotopic (exact) mass is 519 g/mol. The summed E-state index contributed by atoms with van der Waals surface area (Å²) in [6, 6.07) is 11.7. The van der Waals surface area contributed by atoms with Gasteiger partial charge in [0.25, 0.3) is 0 Å². The van der Waals surface area contributed by atoms with Crippen LogP contribution in [0, 0.1) is 5.82 Å². The lowest BCUT2D eigenvalue weighted by molar-refractivity contribution is -0.140. The first-order valence-electron chi connectivity index (χ1n) is 11.8. The van der Waals surface area contributed by atoms with Crippen LogP contribution in [0.1, 0.15) is 59.6 Å². The number of hydrogen-bond acceptors (Lipinski definition) is 4. The number of hydrogen-bond donors (Lipinski definition) is 1. The van der Waals surface area contributed by atoms with Crippen LogP contribution in [0.25, 0.3) is 0 Å². The van der Waals surface area contributed by atoms with Gasteiger partial charge in [-0.3, -0.25) is 13.9 Å². The van der Waals surface area contributed by atoms with E-state index in [1.165, 1.54) is 29.2 Å². The van der Waals surface area contributed by atoms with Crippen molar-refractivity contribution in [1.82, 2.24) is 10.2 Å². The molecule has 9 heteroatoms. The van der Waals surface area contributed by atoms with Gasteiger partial charge < -0.3 is 10.2 Å². The van der Waals surface area contributed by atoms with Gasteiger partial charge in [-0.05, 0) is 68.5 Å². The number of nitrogens with one attached hydrogen (secondary N) is 1. The van der Waals surface area contributed by atoms with Gasteiger partial charge in [0.2, 0.25) is 21.8 Å². The van der Waals surface area contributed by atoms with Gasteiger partial charge in [0.1, 0.15) is 18.4 Å². The standard InChI is InChI=1S/C27H38FN3O4S/c1-19(25(33)29-27(5,6)7)30(17-20-9-13-22(28)14-10-20)24(32)18-31(36(8,34)35)23-15-11-21(12-16-23)26(2,3)4/h9-16,19H,17-18H2,1-8H3,(H,29,33)/t19-/m1/s1. The molecular weight excluding hydrogens is 481 g/mol. The van der Waals surface area contributed by atoms with Crippen molar-refractivity contribution in [3.63, 3.8) is 0 Å². The number of carbonyl (C=O) groups is 2. The molecule has 0 fully saturated rings. The summed E-state index contributed by atoms with van der Waals surface area (Å²) in [6.45, 7) is 12.8. The Morgan fingerprint density at radius 3 is 1.92 bits per heavy atom. The molecule has 36 heavy (non-hydrogen) atoms. The highest BCUT2D eigenvalue weighted by molar-refractivity contribution is 7.92. The second-order valence-electron chi connectivity index (χ2n) is 11.1. The Bertz CT molecular complexity index is 1170. The molecule has 2 aromatic carbocycles. The number of anilines is 1. The molecule has 0 aromatic heterocycles. The Kier molecular flexibility index (Phi) is 8.94. The third-order valence-electron chi connectivity index (χ3n) is 5.63. The number of halogens is 1. The van der Waals surface area contributed by atoms with Crippen molar-refractivity contribution in [3.8, 4) is 0 Å². The Balaban J connectivity index is 2.41. The van der Waals surface area contributed by atoms with E-state index >= 15 is 0 Å². The number of carbonyl (C=O) groups excluding carboxylic acids is 2. The average molecular weight is 520 g/mol. The Morgan fingerprint density at radius 1 is 0.944 bits per heavy atom. The van der Waals surface area contributed by atoms with Gasteiger partial charge in [-0.1, -0.05) is 45.0 Å². The third kappa shape index (κ3) is 8.33. The molecule has 0 aliphatic rings. The van der Waals surface area contributed by atoms with E-state index in [1.54, 1.807) is 19.1 Å². The summed E-state index contributed by atoms with van der Waals surface area (Å²) in [5.74, 6) is -1.35. The van der Waals surface area contributed by atoms with Crippen molar-refractivity contribution < 1.29 is 22.4 Å². The summed E-state index contributed by atoms with van der Waals surface area (Å²) in [7, 11) is -3.81. The first kappa shape index (κ1) is 29.3. The second kappa shape index (κ2) is 11.0. The third-order valence-corrected chi connectivity index (χ3v) is 6.77. The maximum Gasteiger partial charge on any atom is 0.244 e. The molecule has 2 rings (SSSR count). The molecule has 1 N–H and O–H groups in total. The van der Waals surface area contributed by atoms with Crippen molar-refractivity contribution >= 4 is 27.5 Å². The molecule has 7 nitrogen and oxygen atoms in total. The molecule has 2 amide bonds. The molecule has 0 spiro atoms. The molecule has 0 heterocycles. The highest BCUT2D eigenvalue weighted by Crippen LogP contribution is 2.26. The van der Waals surface area contributed by atoms with Crippen LogP contribution in [-0.2, 0) is 31.6 Å². The van der Waals surface area contributed by atoms with Gasteiger partial charge in [-0.15, -0.1) is 0 Å². The normalized spacial score (nSPS) is 13.1. The van der Waals surface area contributed by atoms with E-state index < -0.39 is 39.9 Å². The molecule has 0 radical (unpaired) electrons. The average Bonchev–Trinajstić information content (AvgIpc) is 2.74. The van der Waals surface area contributed by atoms with Crippen LogP contribution in [0.3, 0.4) is 0 Å². The van der Waals surface area contributed by atoms with E-state index in [1.807, 2.05) is 32.9 Å². The van der Waals surface area contributed by atoms with Crippen molar-refractivity contribution in [2.24, 2.45) is 0 Å². The fourth-order valence-corrected chi connectivity index (χ4v) is 4.43. The molecule has 1 atom stereocenters. The summed E-state index contributed by atoms with van der Waals surface area (Å²) < 4.78 is 39.9. The van der Waals surface area contributed by atoms with Crippen molar-refractivity contribution in [2.75, 3.05) is 17.1 Å². The van der Waals surface area contributed by atoms with Crippen LogP contribution in [-0.4, -0.2) is 49.5 Å². The maximum atomic E-state index is 13.5. The number of rotatable bonds is 8. The van der Waals surface area contributed by atoms with E-state index in [-0.39, 0.29) is 17.9 Å².